The average molecular weight is 289 g/mol. The van der Waals surface area contributed by atoms with E-state index in [0.29, 0.717) is 6.04 Å². The summed E-state index contributed by atoms with van der Waals surface area (Å²) in [5.74, 6) is 2.64. The van der Waals surface area contributed by atoms with Crippen LogP contribution in [0.3, 0.4) is 0 Å². The monoisotopic (exact) mass is 289 g/mol. The molecule has 1 heterocycles. The summed E-state index contributed by atoms with van der Waals surface area (Å²) in [4.78, 5) is 0. The molecule has 1 saturated carbocycles. The first-order valence-electron chi connectivity index (χ1n) is 8.20. The number of fused-ring (bicyclic) bond motifs is 1. The summed E-state index contributed by atoms with van der Waals surface area (Å²) in [5, 5.41) is 3.39. The molecule has 3 rings (SSSR count). The van der Waals surface area contributed by atoms with Crippen LogP contribution in [0, 0.1) is 5.92 Å². The average Bonchev–Trinajstić information content (AvgIpc) is 2.96. The van der Waals surface area contributed by atoms with Gasteiger partial charge in [0.1, 0.15) is 17.1 Å². The molecule has 1 aromatic rings. The lowest BCUT2D eigenvalue weighted by Crippen LogP contribution is -2.38. The molecule has 0 amide bonds. The van der Waals surface area contributed by atoms with Crippen molar-refractivity contribution in [2.75, 3.05) is 13.7 Å². The van der Waals surface area contributed by atoms with Gasteiger partial charge < -0.3 is 14.8 Å². The van der Waals surface area contributed by atoms with Crippen molar-refractivity contribution in [2.24, 2.45) is 5.92 Å². The smallest absolute Gasteiger partial charge is 0.128 e. The van der Waals surface area contributed by atoms with Crippen LogP contribution in [-0.2, 0) is 0 Å². The van der Waals surface area contributed by atoms with Crippen LogP contribution >= 0.6 is 0 Å². The first-order valence-corrected chi connectivity index (χ1v) is 8.20. The van der Waals surface area contributed by atoms with Gasteiger partial charge >= 0.3 is 0 Å². The maximum atomic E-state index is 6.14. The molecule has 0 spiro atoms. The predicted octanol–water partition coefficient (Wildman–Crippen LogP) is 4.08. The summed E-state index contributed by atoms with van der Waals surface area (Å²) in [6, 6.07) is 6.65. The van der Waals surface area contributed by atoms with Crippen molar-refractivity contribution in [1.82, 2.24) is 5.32 Å². The first-order chi connectivity index (χ1) is 10.1. The normalized spacial score (nSPS) is 24.4. The largest absolute Gasteiger partial charge is 0.493 e. The second-order valence-electron chi connectivity index (χ2n) is 7.07. The molecule has 1 unspecified atom stereocenters. The molecule has 0 bridgehead atoms. The lowest BCUT2D eigenvalue weighted by Gasteiger charge is -2.37. The second kappa shape index (κ2) is 5.88. The molecule has 0 radical (unpaired) electrons. The summed E-state index contributed by atoms with van der Waals surface area (Å²) in [5.41, 5.74) is 1.11. The second-order valence-corrected chi connectivity index (χ2v) is 7.07. The van der Waals surface area contributed by atoms with Gasteiger partial charge in [0.05, 0.1) is 6.61 Å². The third-order valence-corrected chi connectivity index (χ3v) is 4.75. The summed E-state index contributed by atoms with van der Waals surface area (Å²) in [6.07, 6.45) is 6.34. The molecular weight excluding hydrogens is 262 g/mol. The molecule has 1 fully saturated rings. The topological polar surface area (TPSA) is 30.5 Å². The summed E-state index contributed by atoms with van der Waals surface area (Å²) in [7, 11) is 2.01. The van der Waals surface area contributed by atoms with E-state index < -0.39 is 0 Å². The molecule has 1 N–H and O–H groups in total. The van der Waals surface area contributed by atoms with Crippen LogP contribution in [-0.4, -0.2) is 19.3 Å². The fourth-order valence-electron chi connectivity index (χ4n) is 3.57. The third kappa shape index (κ3) is 3.34. The summed E-state index contributed by atoms with van der Waals surface area (Å²) >= 11 is 0. The highest BCUT2D eigenvalue weighted by molar-refractivity contribution is 5.44. The molecule has 1 aliphatic heterocycles. The van der Waals surface area contributed by atoms with Crippen LogP contribution in [0.25, 0.3) is 0 Å². The Bertz CT molecular complexity index is 492. The van der Waals surface area contributed by atoms with Crippen molar-refractivity contribution in [2.45, 2.75) is 57.6 Å². The number of rotatable bonds is 4. The van der Waals surface area contributed by atoms with E-state index in [4.69, 9.17) is 9.47 Å². The van der Waals surface area contributed by atoms with Gasteiger partial charge in [0.25, 0.3) is 0 Å². The van der Waals surface area contributed by atoms with Gasteiger partial charge in [-0.25, -0.2) is 0 Å². The molecule has 21 heavy (non-hydrogen) atoms. The van der Waals surface area contributed by atoms with Gasteiger partial charge in [-0.2, -0.15) is 0 Å². The lowest BCUT2D eigenvalue weighted by atomic mass is 9.90. The number of hydrogen-bond acceptors (Lipinski definition) is 3. The molecule has 1 atom stereocenters. The maximum Gasteiger partial charge on any atom is 0.128 e. The zero-order chi connectivity index (χ0) is 14.9. The Morgan fingerprint density at radius 1 is 1.29 bits per heavy atom. The van der Waals surface area contributed by atoms with Gasteiger partial charge in [-0.1, -0.05) is 18.9 Å². The van der Waals surface area contributed by atoms with E-state index in [1.54, 1.807) is 0 Å². The number of nitrogens with one attached hydrogen (secondary N) is 1. The minimum atomic E-state index is -0.134. The Labute approximate surface area is 128 Å². The van der Waals surface area contributed by atoms with E-state index in [1.165, 1.54) is 31.2 Å². The molecule has 1 aliphatic carbocycles. The zero-order valence-corrected chi connectivity index (χ0v) is 13.4. The van der Waals surface area contributed by atoms with Crippen molar-refractivity contribution in [1.29, 1.82) is 0 Å². The Hall–Kier alpha value is -1.22. The van der Waals surface area contributed by atoms with Gasteiger partial charge in [-0.05, 0) is 45.7 Å². The molecule has 2 aliphatic rings. The van der Waals surface area contributed by atoms with E-state index >= 15 is 0 Å². The lowest BCUT2D eigenvalue weighted by molar-refractivity contribution is 0.0670. The number of ether oxygens (including phenoxy) is 2. The minimum absolute atomic E-state index is 0.134. The van der Waals surface area contributed by atoms with Gasteiger partial charge in [-0.15, -0.1) is 0 Å². The minimum Gasteiger partial charge on any atom is -0.493 e. The van der Waals surface area contributed by atoms with Crippen LogP contribution in [0.2, 0.25) is 0 Å². The van der Waals surface area contributed by atoms with E-state index in [2.05, 4.69) is 37.4 Å². The molecule has 3 heteroatoms. The van der Waals surface area contributed by atoms with Crippen molar-refractivity contribution in [3.63, 3.8) is 0 Å². The van der Waals surface area contributed by atoms with Crippen LogP contribution in [0.15, 0.2) is 18.2 Å². The quantitative estimate of drug-likeness (QED) is 0.906. The van der Waals surface area contributed by atoms with Crippen LogP contribution in [0.4, 0.5) is 0 Å². The van der Waals surface area contributed by atoms with Crippen LogP contribution in [0.1, 0.15) is 57.6 Å². The van der Waals surface area contributed by atoms with Crippen molar-refractivity contribution >= 4 is 0 Å². The standard InChI is InChI=1S/C18H27NO2/c1-18(2)11-16(19-3)15-9-8-14(10-17(15)21-18)20-12-13-6-4-5-7-13/h8-10,13,16,19H,4-7,11-12H2,1-3H3. The van der Waals surface area contributed by atoms with Crippen LogP contribution < -0.4 is 14.8 Å². The SMILES string of the molecule is CNC1CC(C)(C)Oc2cc(OCC3CCCC3)ccc21. The first kappa shape index (κ1) is 14.7. The molecule has 1 aromatic carbocycles. The van der Waals surface area contributed by atoms with Gasteiger partial charge in [0.2, 0.25) is 0 Å². The van der Waals surface area contributed by atoms with Crippen molar-refractivity contribution in [3.05, 3.63) is 23.8 Å². The molecular formula is C18H27NO2. The summed E-state index contributed by atoms with van der Waals surface area (Å²) < 4.78 is 12.1. The third-order valence-electron chi connectivity index (χ3n) is 4.75. The molecule has 3 nitrogen and oxygen atoms in total. The van der Waals surface area contributed by atoms with Gasteiger partial charge in [-0.3, -0.25) is 0 Å². The fraction of sp³-hybridized carbons (Fsp3) is 0.667. The maximum absolute atomic E-state index is 6.14. The Kier molecular flexibility index (Phi) is 4.12. The van der Waals surface area contributed by atoms with Gasteiger partial charge in [0, 0.05) is 24.1 Å². The highest BCUT2D eigenvalue weighted by Gasteiger charge is 2.33. The Morgan fingerprint density at radius 2 is 2.05 bits per heavy atom. The highest BCUT2D eigenvalue weighted by Crippen LogP contribution is 2.41. The summed E-state index contributed by atoms with van der Waals surface area (Å²) in [6.45, 7) is 5.14. The zero-order valence-electron chi connectivity index (χ0n) is 13.4. The molecule has 0 aromatic heterocycles. The van der Waals surface area contributed by atoms with E-state index in [1.807, 2.05) is 7.05 Å². The van der Waals surface area contributed by atoms with Crippen molar-refractivity contribution < 1.29 is 9.47 Å². The number of benzene rings is 1. The Balaban J connectivity index is 1.73. The Morgan fingerprint density at radius 3 is 2.76 bits per heavy atom. The van der Waals surface area contributed by atoms with Crippen LogP contribution in [0.5, 0.6) is 11.5 Å². The van der Waals surface area contributed by atoms with E-state index in [0.717, 1.165) is 30.4 Å². The van der Waals surface area contributed by atoms with Crippen molar-refractivity contribution in [3.8, 4) is 11.5 Å². The van der Waals surface area contributed by atoms with E-state index in [-0.39, 0.29) is 5.60 Å². The highest BCUT2D eigenvalue weighted by atomic mass is 16.5. The molecule has 116 valence electrons. The van der Waals surface area contributed by atoms with Gasteiger partial charge in [0.15, 0.2) is 0 Å². The van der Waals surface area contributed by atoms with E-state index in [9.17, 15) is 0 Å². The molecule has 0 saturated heterocycles. The predicted molar refractivity (Wildman–Crippen MR) is 85.0 cm³/mol. The fourth-order valence-corrected chi connectivity index (χ4v) is 3.57. The number of hydrogen-bond donors (Lipinski definition) is 1.